The molecule has 2 fully saturated rings. The van der Waals surface area contributed by atoms with E-state index in [1.54, 1.807) is 12.3 Å². The summed E-state index contributed by atoms with van der Waals surface area (Å²) in [5, 5.41) is 5.60. The molecule has 144 valence electrons. The highest BCUT2D eigenvalue weighted by Gasteiger charge is 2.44. The molecule has 0 aliphatic heterocycles. The van der Waals surface area contributed by atoms with E-state index in [1.165, 1.54) is 17.5 Å². The highest BCUT2D eigenvalue weighted by Crippen LogP contribution is 2.46. The Morgan fingerprint density at radius 2 is 1.70 bits per heavy atom. The number of rotatable bonds is 4. The first-order valence-electron chi connectivity index (χ1n) is 9.81. The molecule has 0 spiro atoms. The first-order valence-corrected chi connectivity index (χ1v) is 9.81. The normalized spacial score (nSPS) is 27.3. The van der Waals surface area contributed by atoms with Gasteiger partial charge in [0.05, 0.1) is 11.6 Å². The SMILES string of the molecule is CN(C)C1C[C@@H]2CC(N(C)C(=O)Cn3ncc4ccccc4c3=O)C[C@@H]2C1. The van der Waals surface area contributed by atoms with Crippen LogP contribution in [0.5, 0.6) is 0 Å². The molecular weight excluding hydrogens is 340 g/mol. The van der Waals surface area contributed by atoms with E-state index < -0.39 is 0 Å². The fourth-order valence-electron chi connectivity index (χ4n) is 4.97. The zero-order valence-electron chi connectivity index (χ0n) is 16.3. The van der Waals surface area contributed by atoms with Gasteiger partial charge in [-0.05, 0) is 57.7 Å². The van der Waals surface area contributed by atoms with Gasteiger partial charge in [-0.3, -0.25) is 9.59 Å². The van der Waals surface area contributed by atoms with Gasteiger partial charge in [0.25, 0.3) is 5.56 Å². The van der Waals surface area contributed by atoms with E-state index in [-0.39, 0.29) is 24.1 Å². The number of amides is 1. The Balaban J connectivity index is 1.42. The minimum Gasteiger partial charge on any atom is -0.341 e. The summed E-state index contributed by atoms with van der Waals surface area (Å²) < 4.78 is 1.29. The predicted octanol–water partition coefficient (Wildman–Crippen LogP) is 1.97. The van der Waals surface area contributed by atoms with Crippen molar-refractivity contribution in [2.24, 2.45) is 11.8 Å². The van der Waals surface area contributed by atoms with Gasteiger partial charge >= 0.3 is 0 Å². The molecule has 1 heterocycles. The van der Waals surface area contributed by atoms with E-state index >= 15 is 0 Å². The molecule has 6 nitrogen and oxygen atoms in total. The van der Waals surface area contributed by atoms with Crippen molar-refractivity contribution in [3.8, 4) is 0 Å². The van der Waals surface area contributed by atoms with Crippen LogP contribution in [0.1, 0.15) is 25.7 Å². The van der Waals surface area contributed by atoms with E-state index in [2.05, 4.69) is 24.1 Å². The van der Waals surface area contributed by atoms with Crippen LogP contribution in [0.25, 0.3) is 10.8 Å². The molecular formula is C21H28N4O2. The number of likely N-dealkylation sites (N-methyl/N-ethyl adjacent to an activating group) is 1. The fourth-order valence-corrected chi connectivity index (χ4v) is 4.97. The number of fused-ring (bicyclic) bond motifs is 2. The molecule has 0 N–H and O–H groups in total. The number of hydrogen-bond donors (Lipinski definition) is 0. The van der Waals surface area contributed by atoms with Crippen LogP contribution in [0, 0.1) is 11.8 Å². The maximum atomic E-state index is 12.8. The lowest BCUT2D eigenvalue weighted by atomic mass is 10.0. The molecule has 4 atom stereocenters. The first-order chi connectivity index (χ1) is 12.9. The van der Waals surface area contributed by atoms with E-state index in [0.29, 0.717) is 11.4 Å². The van der Waals surface area contributed by atoms with E-state index in [9.17, 15) is 9.59 Å². The van der Waals surface area contributed by atoms with Crippen molar-refractivity contribution in [3.05, 3.63) is 40.8 Å². The Bertz CT molecular complexity index is 892. The minimum absolute atomic E-state index is 0.00627. The molecule has 2 aliphatic carbocycles. The van der Waals surface area contributed by atoms with E-state index in [0.717, 1.165) is 30.1 Å². The van der Waals surface area contributed by atoms with Gasteiger partial charge in [0.2, 0.25) is 5.91 Å². The Morgan fingerprint density at radius 3 is 2.37 bits per heavy atom. The summed E-state index contributed by atoms with van der Waals surface area (Å²) in [5.74, 6) is 1.41. The first kappa shape index (κ1) is 18.2. The lowest BCUT2D eigenvalue weighted by Crippen LogP contribution is -2.40. The maximum absolute atomic E-state index is 12.8. The monoisotopic (exact) mass is 368 g/mol. The van der Waals surface area contributed by atoms with E-state index in [4.69, 9.17) is 0 Å². The van der Waals surface area contributed by atoms with Crippen molar-refractivity contribution in [3.63, 3.8) is 0 Å². The quantitative estimate of drug-likeness (QED) is 0.828. The third-order valence-electron chi connectivity index (χ3n) is 6.68. The highest BCUT2D eigenvalue weighted by atomic mass is 16.2. The van der Waals surface area contributed by atoms with Gasteiger partial charge in [0, 0.05) is 24.5 Å². The number of benzene rings is 1. The second-order valence-electron chi connectivity index (χ2n) is 8.43. The van der Waals surface area contributed by atoms with Gasteiger partial charge in [0.1, 0.15) is 6.54 Å². The van der Waals surface area contributed by atoms with Crippen LogP contribution in [0.2, 0.25) is 0 Å². The number of nitrogens with zero attached hydrogens (tertiary/aromatic N) is 4. The smallest absolute Gasteiger partial charge is 0.275 e. The van der Waals surface area contributed by atoms with Crippen LogP contribution in [-0.4, -0.2) is 58.7 Å². The third-order valence-corrected chi connectivity index (χ3v) is 6.68. The molecule has 4 rings (SSSR count). The summed E-state index contributed by atoms with van der Waals surface area (Å²) >= 11 is 0. The van der Waals surface area contributed by atoms with Crippen molar-refractivity contribution in [2.75, 3.05) is 21.1 Å². The summed E-state index contributed by atoms with van der Waals surface area (Å²) in [4.78, 5) is 29.6. The minimum atomic E-state index is -0.202. The van der Waals surface area contributed by atoms with Crippen molar-refractivity contribution in [1.29, 1.82) is 0 Å². The second kappa shape index (κ2) is 7.08. The summed E-state index contributed by atoms with van der Waals surface area (Å²) in [6, 6.07) is 8.32. The topological polar surface area (TPSA) is 58.4 Å². The molecule has 1 amide bonds. The highest BCUT2D eigenvalue weighted by molar-refractivity contribution is 5.81. The fraction of sp³-hybridized carbons (Fsp3) is 0.571. The summed E-state index contributed by atoms with van der Waals surface area (Å²) in [6.07, 6.45) is 6.30. The number of carbonyl (C=O) groups is 1. The summed E-state index contributed by atoms with van der Waals surface area (Å²) in [6.45, 7) is 0.00627. The molecule has 0 radical (unpaired) electrons. The standard InChI is InChI=1S/C21H28N4O2/c1-23(2)17-8-15-10-18(11-16(15)9-17)24(3)20(26)13-25-21(27)19-7-5-4-6-14(19)12-22-25/h4-7,12,15-18H,8-11,13H2,1-3H3/t15-,16+,17?,18?. The Hall–Kier alpha value is -2.21. The maximum Gasteiger partial charge on any atom is 0.275 e. The van der Waals surface area contributed by atoms with Crippen LogP contribution < -0.4 is 5.56 Å². The average Bonchev–Trinajstić information content (AvgIpc) is 3.23. The molecule has 27 heavy (non-hydrogen) atoms. The summed E-state index contributed by atoms with van der Waals surface area (Å²) in [7, 11) is 6.20. The zero-order valence-corrected chi connectivity index (χ0v) is 16.3. The zero-order chi connectivity index (χ0) is 19.1. The predicted molar refractivity (Wildman–Crippen MR) is 105 cm³/mol. The summed E-state index contributed by atoms with van der Waals surface area (Å²) in [5.41, 5.74) is -0.202. The van der Waals surface area contributed by atoms with Gasteiger partial charge in [-0.1, -0.05) is 18.2 Å². The number of hydrogen-bond acceptors (Lipinski definition) is 4. The Labute approximate surface area is 159 Å². The Kier molecular flexibility index (Phi) is 4.76. The van der Waals surface area contributed by atoms with Gasteiger partial charge in [-0.25, -0.2) is 4.68 Å². The van der Waals surface area contributed by atoms with Gasteiger partial charge < -0.3 is 9.80 Å². The van der Waals surface area contributed by atoms with Crippen LogP contribution in [0.3, 0.4) is 0 Å². The van der Waals surface area contributed by atoms with Crippen LogP contribution >= 0.6 is 0 Å². The van der Waals surface area contributed by atoms with Gasteiger partial charge in [-0.2, -0.15) is 5.10 Å². The molecule has 2 aliphatic rings. The number of aromatic nitrogens is 2. The largest absolute Gasteiger partial charge is 0.341 e. The van der Waals surface area contributed by atoms with Gasteiger partial charge in [-0.15, -0.1) is 0 Å². The number of carbonyl (C=O) groups excluding carboxylic acids is 1. The molecule has 0 saturated heterocycles. The Morgan fingerprint density at radius 1 is 1.07 bits per heavy atom. The third kappa shape index (κ3) is 3.38. The molecule has 0 bridgehead atoms. The molecule has 6 heteroatoms. The molecule has 2 saturated carbocycles. The molecule has 2 unspecified atom stereocenters. The second-order valence-corrected chi connectivity index (χ2v) is 8.43. The average molecular weight is 368 g/mol. The van der Waals surface area contributed by atoms with Crippen molar-refractivity contribution in [1.82, 2.24) is 19.6 Å². The molecule has 2 aromatic rings. The molecule has 1 aromatic carbocycles. The lowest BCUT2D eigenvalue weighted by molar-refractivity contribution is -0.132. The van der Waals surface area contributed by atoms with Crippen LogP contribution in [0.4, 0.5) is 0 Å². The van der Waals surface area contributed by atoms with Gasteiger partial charge in [0.15, 0.2) is 0 Å². The van der Waals surface area contributed by atoms with Crippen LogP contribution in [-0.2, 0) is 11.3 Å². The van der Waals surface area contributed by atoms with Crippen molar-refractivity contribution in [2.45, 2.75) is 44.3 Å². The molecule has 1 aromatic heterocycles. The van der Waals surface area contributed by atoms with Crippen LogP contribution in [0.15, 0.2) is 35.3 Å². The van der Waals surface area contributed by atoms with Crippen molar-refractivity contribution < 1.29 is 4.79 Å². The lowest BCUT2D eigenvalue weighted by Gasteiger charge is -2.27. The van der Waals surface area contributed by atoms with Crippen molar-refractivity contribution >= 4 is 16.7 Å². The van der Waals surface area contributed by atoms with E-state index in [1.807, 2.05) is 30.1 Å².